The molecule has 2 aromatic carbocycles. The molecule has 4 bridgehead atoms. The first kappa shape index (κ1) is 18.2. The predicted octanol–water partition coefficient (Wildman–Crippen LogP) is 5.23. The van der Waals surface area contributed by atoms with E-state index in [0.29, 0.717) is 6.42 Å². The van der Waals surface area contributed by atoms with Crippen LogP contribution >= 0.6 is 0 Å². The van der Waals surface area contributed by atoms with E-state index in [9.17, 15) is 5.11 Å². The average molecular weight is 355 g/mol. The molecule has 0 unspecified atom stereocenters. The molecule has 4 aliphatic carbocycles. The monoisotopic (exact) mass is 354 g/mol. The largest absolute Gasteiger partial charge is 0.544 e. The van der Waals surface area contributed by atoms with Crippen molar-refractivity contribution in [1.82, 2.24) is 0 Å². The van der Waals surface area contributed by atoms with Crippen molar-refractivity contribution in [2.75, 3.05) is 0 Å². The molecule has 134 valence electrons. The van der Waals surface area contributed by atoms with Crippen molar-refractivity contribution in [2.24, 2.45) is 0 Å². The van der Waals surface area contributed by atoms with Crippen molar-refractivity contribution in [1.29, 1.82) is 0 Å². The van der Waals surface area contributed by atoms with E-state index in [1.165, 1.54) is 22.3 Å². The van der Waals surface area contributed by atoms with Crippen LogP contribution in [0.3, 0.4) is 0 Å². The van der Waals surface area contributed by atoms with Crippen LogP contribution in [0.1, 0.15) is 47.3 Å². The summed E-state index contributed by atoms with van der Waals surface area (Å²) < 4.78 is 6.53. The number of hydrogen-bond donors (Lipinski definition) is 1. The molecular weight excluding hydrogens is 324 g/mol. The van der Waals surface area contributed by atoms with Crippen molar-refractivity contribution in [3.63, 3.8) is 0 Å². The summed E-state index contributed by atoms with van der Waals surface area (Å²) in [6.45, 7) is 8.69. The lowest BCUT2D eigenvalue weighted by Crippen LogP contribution is -2.31. The Morgan fingerprint density at radius 3 is 1.92 bits per heavy atom. The van der Waals surface area contributed by atoms with Crippen LogP contribution in [0.4, 0.5) is 0 Å². The second-order valence-corrected chi connectivity index (χ2v) is 12.5. The number of rotatable bonds is 4. The quantitative estimate of drug-likeness (QED) is 0.762. The lowest BCUT2D eigenvalue weighted by Gasteiger charge is -2.28. The van der Waals surface area contributed by atoms with E-state index in [4.69, 9.17) is 4.43 Å². The fourth-order valence-electron chi connectivity index (χ4n) is 3.53. The van der Waals surface area contributed by atoms with Gasteiger partial charge >= 0.3 is 0 Å². The second kappa shape index (κ2) is 7.34. The molecule has 2 nitrogen and oxygen atoms in total. The maximum atomic E-state index is 10.8. The molecule has 0 heterocycles. The number of aliphatic hydroxyl groups excluding tert-OH is 1. The summed E-state index contributed by atoms with van der Waals surface area (Å²) in [6.07, 6.45) is 4.15. The molecule has 1 atom stereocenters. The van der Waals surface area contributed by atoms with E-state index >= 15 is 0 Å². The van der Waals surface area contributed by atoms with E-state index in [1.54, 1.807) is 0 Å². The fourth-order valence-corrected chi connectivity index (χ4v) is 4.38. The van der Waals surface area contributed by atoms with Gasteiger partial charge < -0.3 is 9.53 Å². The summed E-state index contributed by atoms with van der Waals surface area (Å²) in [7, 11) is -1.77. The first-order valence-corrected chi connectivity index (χ1v) is 12.9. The van der Waals surface area contributed by atoms with Crippen molar-refractivity contribution in [3.8, 4) is 5.75 Å². The third-order valence-corrected chi connectivity index (χ3v) is 5.70. The van der Waals surface area contributed by atoms with Crippen molar-refractivity contribution >= 4 is 8.32 Å². The Kier molecular flexibility index (Phi) is 5.35. The second-order valence-electron chi connectivity index (χ2n) is 8.08. The molecule has 1 N–H and O–H groups in total. The molecule has 0 fully saturated rings. The highest BCUT2D eigenvalue weighted by Gasteiger charge is 2.25. The maximum Gasteiger partial charge on any atom is 0.242 e. The highest BCUT2D eigenvalue weighted by molar-refractivity contribution is 6.70. The Labute approximate surface area is 153 Å². The average Bonchev–Trinajstić information content (AvgIpc) is 2.56. The zero-order valence-electron chi connectivity index (χ0n) is 15.9. The smallest absolute Gasteiger partial charge is 0.242 e. The minimum atomic E-state index is -1.77. The Bertz CT molecular complexity index is 729. The summed E-state index contributed by atoms with van der Waals surface area (Å²) in [4.78, 5) is 0. The maximum absolute atomic E-state index is 10.8. The highest BCUT2D eigenvalue weighted by atomic mass is 28.4. The van der Waals surface area contributed by atoms with Gasteiger partial charge in [-0.3, -0.25) is 0 Å². The molecule has 0 spiro atoms. The van der Waals surface area contributed by atoms with Gasteiger partial charge in [-0.1, -0.05) is 43.3 Å². The van der Waals surface area contributed by atoms with Gasteiger partial charge in [-0.25, -0.2) is 0 Å². The minimum Gasteiger partial charge on any atom is -0.544 e. The molecule has 2 aromatic rings. The number of aliphatic hydroxyl groups is 1. The normalized spacial score (nSPS) is 15.6. The van der Waals surface area contributed by atoms with Gasteiger partial charge in [0.25, 0.3) is 0 Å². The molecule has 0 aliphatic heterocycles. The molecule has 3 heteroatoms. The highest BCUT2D eigenvalue weighted by Crippen LogP contribution is 2.37. The van der Waals surface area contributed by atoms with Gasteiger partial charge in [0.05, 0.1) is 6.10 Å². The Hall–Kier alpha value is -1.58. The van der Waals surface area contributed by atoms with Gasteiger partial charge in [-0.2, -0.15) is 0 Å². The molecule has 0 radical (unpaired) electrons. The van der Waals surface area contributed by atoms with Crippen LogP contribution < -0.4 is 4.43 Å². The molecule has 0 saturated carbocycles. The molecule has 6 rings (SSSR count). The van der Waals surface area contributed by atoms with Gasteiger partial charge in [0.2, 0.25) is 8.32 Å². The number of benzene rings is 2. The molecule has 25 heavy (non-hydrogen) atoms. The summed E-state index contributed by atoms with van der Waals surface area (Å²) in [5, 5.41) is 10.8. The Morgan fingerprint density at radius 1 is 0.880 bits per heavy atom. The number of aryl methyl sites for hydroxylation is 4. The van der Waals surface area contributed by atoms with E-state index in [-0.39, 0.29) is 0 Å². The van der Waals surface area contributed by atoms with Crippen molar-refractivity contribution < 1.29 is 9.53 Å². The molecule has 0 amide bonds. The first-order chi connectivity index (χ1) is 11.9. The summed E-state index contributed by atoms with van der Waals surface area (Å²) in [5.41, 5.74) is 6.23. The summed E-state index contributed by atoms with van der Waals surface area (Å²) >= 11 is 0. The molecular formula is C22H30O2Si. The lowest BCUT2D eigenvalue weighted by molar-refractivity contribution is 0.170. The molecule has 4 aliphatic rings. The third-order valence-electron chi connectivity index (χ3n) is 4.89. The van der Waals surface area contributed by atoms with E-state index in [1.807, 2.05) is 6.92 Å². The topological polar surface area (TPSA) is 29.5 Å². The standard InChI is InChI=1S/C22H30O2Si/c1-5-20(23)21-18-12-10-16-6-8-17(9-7-16)11-13-19(15-14-18)22(21)24-25(2,3)4/h6-9,14-15,20,23H,5,10-13H2,1-4H3/t20-/m1/s1. The van der Waals surface area contributed by atoms with Crippen LogP contribution in [-0.2, 0) is 25.7 Å². The zero-order chi connectivity index (χ0) is 18.0. The van der Waals surface area contributed by atoms with Crippen LogP contribution in [0, 0.1) is 0 Å². The zero-order valence-corrected chi connectivity index (χ0v) is 16.9. The van der Waals surface area contributed by atoms with Crippen molar-refractivity contribution in [3.05, 3.63) is 64.2 Å². The lowest BCUT2D eigenvalue weighted by atomic mass is 9.89. The van der Waals surface area contributed by atoms with Gasteiger partial charge in [-0.15, -0.1) is 0 Å². The van der Waals surface area contributed by atoms with E-state index < -0.39 is 14.4 Å². The van der Waals surface area contributed by atoms with Gasteiger partial charge in [0.15, 0.2) is 0 Å². The molecule has 0 aromatic heterocycles. The third kappa shape index (κ3) is 4.34. The summed E-state index contributed by atoms with van der Waals surface area (Å²) in [5.74, 6) is 0.973. The van der Waals surface area contributed by atoms with Crippen molar-refractivity contribution in [2.45, 2.75) is 64.8 Å². The van der Waals surface area contributed by atoms with Gasteiger partial charge in [0.1, 0.15) is 5.75 Å². The fraction of sp³-hybridized carbons (Fsp3) is 0.455. The Balaban J connectivity index is 2.12. The van der Waals surface area contributed by atoms with Crippen LogP contribution in [0.2, 0.25) is 19.6 Å². The Morgan fingerprint density at radius 2 is 1.40 bits per heavy atom. The van der Waals surface area contributed by atoms with Crippen LogP contribution in [0.15, 0.2) is 36.4 Å². The predicted molar refractivity (Wildman–Crippen MR) is 107 cm³/mol. The van der Waals surface area contributed by atoms with Gasteiger partial charge in [0, 0.05) is 5.56 Å². The van der Waals surface area contributed by atoms with Crippen LogP contribution in [0.5, 0.6) is 5.75 Å². The van der Waals surface area contributed by atoms with Crippen LogP contribution in [0.25, 0.3) is 0 Å². The van der Waals surface area contributed by atoms with E-state index in [0.717, 1.165) is 37.0 Å². The van der Waals surface area contributed by atoms with Gasteiger partial charge in [-0.05, 0) is 74.0 Å². The minimum absolute atomic E-state index is 0.454. The SMILES string of the molecule is CC[C@@H](O)c1c2ccc(c1O[Si](C)(C)C)CCc1ccc(cc1)CC2. The number of hydrogen-bond acceptors (Lipinski definition) is 2. The first-order valence-electron chi connectivity index (χ1n) is 9.47. The van der Waals surface area contributed by atoms with E-state index in [2.05, 4.69) is 56.0 Å². The summed E-state index contributed by atoms with van der Waals surface area (Å²) in [6, 6.07) is 13.4. The molecule has 0 saturated heterocycles. The van der Waals surface area contributed by atoms with Crippen LogP contribution in [-0.4, -0.2) is 13.4 Å².